The molecule has 0 saturated heterocycles. The summed E-state index contributed by atoms with van der Waals surface area (Å²) in [5.41, 5.74) is 3.02. The quantitative estimate of drug-likeness (QED) is 0.421. The van der Waals surface area contributed by atoms with Crippen molar-refractivity contribution in [2.75, 3.05) is 5.32 Å². The molecule has 0 heterocycles. The maximum Gasteiger partial charge on any atom is 0.282 e. The molecular formula is C13H10BrIN2O2. The zero-order chi connectivity index (χ0) is 14.0. The van der Waals surface area contributed by atoms with Crippen LogP contribution in [0.1, 0.15) is 5.56 Å². The van der Waals surface area contributed by atoms with E-state index in [2.05, 4.69) is 21.2 Å². The molecule has 0 aliphatic carbocycles. The van der Waals surface area contributed by atoms with Crippen LogP contribution in [0.2, 0.25) is 0 Å². The molecule has 2 aromatic rings. The lowest BCUT2D eigenvalue weighted by molar-refractivity contribution is -0.385. The highest BCUT2D eigenvalue weighted by Crippen LogP contribution is 2.29. The lowest BCUT2D eigenvalue weighted by Crippen LogP contribution is -1.96. The first-order chi connectivity index (χ1) is 8.99. The van der Waals surface area contributed by atoms with E-state index in [9.17, 15) is 10.1 Å². The molecule has 0 aliphatic heterocycles. The second-order valence-electron chi connectivity index (χ2n) is 3.96. The molecule has 4 nitrogen and oxygen atoms in total. The summed E-state index contributed by atoms with van der Waals surface area (Å²) in [7, 11) is 0. The van der Waals surface area contributed by atoms with E-state index in [1.807, 2.05) is 47.7 Å². The van der Waals surface area contributed by atoms with Crippen molar-refractivity contribution in [1.29, 1.82) is 0 Å². The number of nitrogens with zero attached hydrogens (tertiary/aromatic N) is 1. The van der Waals surface area contributed by atoms with Gasteiger partial charge in [-0.25, -0.2) is 0 Å². The number of halogens is 2. The number of anilines is 2. The highest BCUT2D eigenvalue weighted by atomic mass is 127. The molecule has 2 aromatic carbocycles. The van der Waals surface area contributed by atoms with Gasteiger partial charge in [0.15, 0.2) is 0 Å². The summed E-state index contributed by atoms with van der Waals surface area (Å²) in [4.78, 5) is 10.4. The Labute approximate surface area is 132 Å². The van der Waals surface area contributed by atoms with Gasteiger partial charge in [0.25, 0.3) is 5.69 Å². The van der Waals surface area contributed by atoms with Gasteiger partial charge in [0, 0.05) is 21.9 Å². The summed E-state index contributed by atoms with van der Waals surface area (Å²) in [6, 6.07) is 10.9. The van der Waals surface area contributed by atoms with Crippen LogP contribution in [0.3, 0.4) is 0 Å². The predicted octanol–water partition coefficient (Wildman–Crippen LogP) is 5.01. The Balaban J connectivity index is 2.32. The van der Waals surface area contributed by atoms with Crippen LogP contribution in [0.5, 0.6) is 0 Å². The highest BCUT2D eigenvalue weighted by molar-refractivity contribution is 14.1. The number of benzene rings is 2. The first-order valence-electron chi connectivity index (χ1n) is 5.45. The van der Waals surface area contributed by atoms with E-state index in [0.717, 1.165) is 21.4 Å². The molecule has 1 N–H and O–H groups in total. The van der Waals surface area contributed by atoms with E-state index in [-0.39, 0.29) is 10.6 Å². The average Bonchev–Trinajstić information content (AvgIpc) is 2.34. The lowest BCUT2D eigenvalue weighted by Gasteiger charge is -2.11. The van der Waals surface area contributed by atoms with Gasteiger partial charge in [-0.1, -0.05) is 22.0 Å². The second-order valence-corrected chi connectivity index (χ2v) is 5.98. The van der Waals surface area contributed by atoms with Gasteiger partial charge in [-0.2, -0.15) is 0 Å². The molecule has 0 bridgehead atoms. The van der Waals surface area contributed by atoms with Crippen LogP contribution in [0.4, 0.5) is 17.1 Å². The summed E-state index contributed by atoms with van der Waals surface area (Å²) >= 11 is 5.44. The fraction of sp³-hybridized carbons (Fsp3) is 0.0769. The number of nitro groups is 1. The molecule has 0 saturated carbocycles. The van der Waals surface area contributed by atoms with Crippen molar-refractivity contribution < 1.29 is 4.92 Å². The zero-order valence-corrected chi connectivity index (χ0v) is 13.7. The average molecular weight is 433 g/mol. The summed E-state index contributed by atoms with van der Waals surface area (Å²) in [5, 5.41) is 14.0. The predicted molar refractivity (Wildman–Crippen MR) is 88.0 cm³/mol. The maximum atomic E-state index is 10.8. The van der Waals surface area contributed by atoms with Crippen LogP contribution < -0.4 is 5.32 Å². The maximum absolute atomic E-state index is 10.8. The minimum absolute atomic E-state index is 0.122. The molecule has 19 heavy (non-hydrogen) atoms. The smallest absolute Gasteiger partial charge is 0.282 e. The standard InChI is InChI=1S/C13H10BrIN2O2/c1-8-10(14)3-2-4-12(8)16-9-5-6-13(17(18)19)11(15)7-9/h2-7,16H,1H3. The fourth-order valence-electron chi connectivity index (χ4n) is 1.63. The molecule has 0 unspecified atom stereocenters. The van der Waals surface area contributed by atoms with Gasteiger partial charge in [0.2, 0.25) is 0 Å². The van der Waals surface area contributed by atoms with Crippen LogP contribution in [0, 0.1) is 20.6 Å². The minimum atomic E-state index is -0.379. The van der Waals surface area contributed by atoms with Gasteiger partial charge in [0.05, 0.1) is 8.49 Å². The van der Waals surface area contributed by atoms with E-state index in [1.54, 1.807) is 12.1 Å². The summed E-state index contributed by atoms with van der Waals surface area (Å²) in [6.07, 6.45) is 0. The minimum Gasteiger partial charge on any atom is -0.355 e. The summed E-state index contributed by atoms with van der Waals surface area (Å²) in [5.74, 6) is 0. The Morgan fingerprint density at radius 3 is 2.68 bits per heavy atom. The van der Waals surface area contributed by atoms with Gasteiger partial charge in [0.1, 0.15) is 0 Å². The third kappa shape index (κ3) is 3.24. The summed E-state index contributed by atoms with van der Waals surface area (Å²) in [6.45, 7) is 2.00. The van der Waals surface area contributed by atoms with Gasteiger partial charge < -0.3 is 5.32 Å². The van der Waals surface area contributed by atoms with E-state index >= 15 is 0 Å². The van der Waals surface area contributed by atoms with Gasteiger partial charge in [-0.15, -0.1) is 0 Å². The molecule has 0 atom stereocenters. The lowest BCUT2D eigenvalue weighted by atomic mass is 10.2. The molecule has 0 aliphatic rings. The normalized spacial score (nSPS) is 10.3. The Kier molecular flexibility index (Phi) is 4.41. The van der Waals surface area contributed by atoms with Gasteiger partial charge >= 0.3 is 0 Å². The number of hydrogen-bond acceptors (Lipinski definition) is 3. The van der Waals surface area contributed by atoms with Gasteiger partial charge in [-0.05, 0) is 59.3 Å². The molecule has 0 fully saturated rings. The van der Waals surface area contributed by atoms with Crippen molar-refractivity contribution in [3.05, 3.63) is 60.1 Å². The van der Waals surface area contributed by atoms with Crippen LogP contribution >= 0.6 is 38.5 Å². The first kappa shape index (κ1) is 14.3. The van der Waals surface area contributed by atoms with E-state index in [1.165, 1.54) is 6.07 Å². The largest absolute Gasteiger partial charge is 0.355 e. The number of nitro benzene ring substituents is 1. The molecule has 6 heteroatoms. The van der Waals surface area contributed by atoms with E-state index in [0.29, 0.717) is 3.57 Å². The second kappa shape index (κ2) is 5.87. The highest BCUT2D eigenvalue weighted by Gasteiger charge is 2.12. The first-order valence-corrected chi connectivity index (χ1v) is 7.32. The number of rotatable bonds is 3. The number of hydrogen-bond donors (Lipinski definition) is 1. The molecule has 0 radical (unpaired) electrons. The van der Waals surface area contributed by atoms with Crippen LogP contribution in [-0.4, -0.2) is 4.92 Å². The van der Waals surface area contributed by atoms with E-state index in [4.69, 9.17) is 0 Å². The van der Waals surface area contributed by atoms with Crippen molar-refractivity contribution in [1.82, 2.24) is 0 Å². The Morgan fingerprint density at radius 1 is 1.32 bits per heavy atom. The van der Waals surface area contributed by atoms with Crippen LogP contribution in [-0.2, 0) is 0 Å². The molecular weight excluding hydrogens is 423 g/mol. The fourth-order valence-corrected chi connectivity index (χ4v) is 2.71. The van der Waals surface area contributed by atoms with Crippen LogP contribution in [0.15, 0.2) is 40.9 Å². The van der Waals surface area contributed by atoms with E-state index < -0.39 is 0 Å². The van der Waals surface area contributed by atoms with Crippen molar-refractivity contribution >= 4 is 55.6 Å². The third-order valence-electron chi connectivity index (χ3n) is 2.69. The number of nitrogens with one attached hydrogen (secondary N) is 1. The SMILES string of the molecule is Cc1c(Br)cccc1Nc1ccc([N+](=O)[O-])c(I)c1. The Morgan fingerprint density at radius 2 is 2.05 bits per heavy atom. The molecule has 0 amide bonds. The molecule has 0 aromatic heterocycles. The van der Waals surface area contributed by atoms with Crippen molar-refractivity contribution in [2.24, 2.45) is 0 Å². The third-order valence-corrected chi connectivity index (χ3v) is 4.41. The summed E-state index contributed by atoms with van der Waals surface area (Å²) < 4.78 is 1.63. The monoisotopic (exact) mass is 432 g/mol. The Hall–Kier alpha value is -1.15. The molecule has 2 rings (SSSR count). The van der Waals surface area contributed by atoms with Crippen LogP contribution in [0.25, 0.3) is 0 Å². The van der Waals surface area contributed by atoms with Crippen molar-refractivity contribution in [2.45, 2.75) is 6.92 Å². The Bertz CT molecular complexity index is 647. The molecule has 98 valence electrons. The molecule has 0 spiro atoms. The topological polar surface area (TPSA) is 55.2 Å². The van der Waals surface area contributed by atoms with Gasteiger partial charge in [-0.3, -0.25) is 10.1 Å². The zero-order valence-electron chi connectivity index (χ0n) is 9.98. The van der Waals surface area contributed by atoms with Crippen molar-refractivity contribution in [3.63, 3.8) is 0 Å². The van der Waals surface area contributed by atoms with Crippen molar-refractivity contribution in [3.8, 4) is 0 Å².